The molecule has 0 unspecified atom stereocenters. The fourth-order valence-corrected chi connectivity index (χ4v) is 3.08. The summed E-state index contributed by atoms with van der Waals surface area (Å²) in [6, 6.07) is 13.4. The largest absolute Gasteiger partial charge is 0.292 e. The average Bonchev–Trinajstić information content (AvgIpc) is 2.93. The Balaban J connectivity index is 1.77. The highest BCUT2D eigenvalue weighted by Gasteiger charge is 2.41. The number of nitro groups is 1. The van der Waals surface area contributed by atoms with Crippen LogP contribution in [0.5, 0.6) is 0 Å². The molecule has 1 fully saturated rings. The zero-order valence-corrected chi connectivity index (χ0v) is 12.6. The van der Waals surface area contributed by atoms with E-state index in [-0.39, 0.29) is 10.8 Å². The van der Waals surface area contributed by atoms with E-state index in [0.29, 0.717) is 13.1 Å². The van der Waals surface area contributed by atoms with E-state index in [0.717, 1.165) is 17.8 Å². The van der Waals surface area contributed by atoms with Gasteiger partial charge in [-0.2, -0.15) is 0 Å². The van der Waals surface area contributed by atoms with Crippen LogP contribution in [0.25, 0.3) is 0 Å². The second-order valence-electron chi connectivity index (χ2n) is 5.87. The molecule has 0 spiro atoms. The van der Waals surface area contributed by atoms with E-state index in [1.54, 1.807) is 6.20 Å². The number of aromatic nitrogens is 1. The van der Waals surface area contributed by atoms with Gasteiger partial charge in [-0.1, -0.05) is 36.4 Å². The molecule has 0 bridgehead atoms. The van der Waals surface area contributed by atoms with Crippen LogP contribution in [-0.2, 0) is 6.54 Å². The van der Waals surface area contributed by atoms with E-state index in [1.807, 2.05) is 37.3 Å². The molecule has 5 heteroatoms. The van der Waals surface area contributed by atoms with Crippen LogP contribution in [0.15, 0.2) is 48.7 Å². The normalized spacial score (nSPS) is 21.9. The van der Waals surface area contributed by atoms with E-state index in [2.05, 4.69) is 22.0 Å². The molecule has 22 heavy (non-hydrogen) atoms. The van der Waals surface area contributed by atoms with Gasteiger partial charge in [0.15, 0.2) is 0 Å². The SMILES string of the molecule is Cc1ccc([C@@H]2CN(Cc3ccccc3)C[C@H]2[N+](=O)[O-])cn1. The molecule has 0 amide bonds. The van der Waals surface area contributed by atoms with Gasteiger partial charge in [0, 0.05) is 29.9 Å². The van der Waals surface area contributed by atoms with Gasteiger partial charge in [-0.3, -0.25) is 20.0 Å². The molecule has 1 aromatic heterocycles. The van der Waals surface area contributed by atoms with Crippen molar-refractivity contribution in [3.05, 3.63) is 75.6 Å². The van der Waals surface area contributed by atoms with Crippen molar-refractivity contribution in [2.45, 2.75) is 25.4 Å². The van der Waals surface area contributed by atoms with Crippen molar-refractivity contribution in [3.8, 4) is 0 Å². The molecule has 1 aromatic carbocycles. The molecule has 3 rings (SSSR count). The first-order chi connectivity index (χ1) is 10.6. The summed E-state index contributed by atoms with van der Waals surface area (Å²) in [7, 11) is 0. The van der Waals surface area contributed by atoms with Crippen LogP contribution in [0, 0.1) is 17.0 Å². The van der Waals surface area contributed by atoms with Crippen molar-refractivity contribution in [1.29, 1.82) is 0 Å². The first kappa shape index (κ1) is 14.7. The van der Waals surface area contributed by atoms with Crippen molar-refractivity contribution in [2.75, 3.05) is 13.1 Å². The van der Waals surface area contributed by atoms with E-state index in [1.165, 1.54) is 5.56 Å². The zero-order chi connectivity index (χ0) is 15.5. The molecule has 1 aliphatic heterocycles. The van der Waals surface area contributed by atoms with Crippen LogP contribution in [0.4, 0.5) is 0 Å². The summed E-state index contributed by atoms with van der Waals surface area (Å²) in [4.78, 5) is 17.7. The molecule has 2 heterocycles. The average molecular weight is 297 g/mol. The number of aryl methyl sites for hydroxylation is 1. The Bertz CT molecular complexity index is 643. The van der Waals surface area contributed by atoms with Gasteiger partial charge in [-0.15, -0.1) is 0 Å². The molecule has 0 saturated carbocycles. The van der Waals surface area contributed by atoms with E-state index in [9.17, 15) is 10.1 Å². The monoisotopic (exact) mass is 297 g/mol. The van der Waals surface area contributed by atoms with Crippen LogP contribution < -0.4 is 0 Å². The minimum Gasteiger partial charge on any atom is -0.292 e. The summed E-state index contributed by atoms with van der Waals surface area (Å²) in [6.45, 7) is 3.86. The maximum atomic E-state index is 11.4. The fourth-order valence-electron chi connectivity index (χ4n) is 3.08. The predicted octanol–water partition coefficient (Wildman–Crippen LogP) is 2.63. The Morgan fingerprint density at radius 1 is 1.23 bits per heavy atom. The summed E-state index contributed by atoms with van der Waals surface area (Å²) in [6.07, 6.45) is 1.78. The Morgan fingerprint density at radius 3 is 2.64 bits per heavy atom. The Labute approximate surface area is 129 Å². The fraction of sp³-hybridized carbons (Fsp3) is 0.353. The van der Waals surface area contributed by atoms with Crippen molar-refractivity contribution in [3.63, 3.8) is 0 Å². The zero-order valence-electron chi connectivity index (χ0n) is 12.6. The number of pyridine rings is 1. The van der Waals surface area contributed by atoms with Gasteiger partial charge in [-0.25, -0.2) is 0 Å². The number of likely N-dealkylation sites (tertiary alicyclic amines) is 1. The predicted molar refractivity (Wildman–Crippen MR) is 84.2 cm³/mol. The van der Waals surface area contributed by atoms with Crippen LogP contribution in [-0.4, -0.2) is 33.9 Å². The summed E-state index contributed by atoms with van der Waals surface area (Å²) in [5.41, 5.74) is 3.08. The van der Waals surface area contributed by atoms with E-state index >= 15 is 0 Å². The summed E-state index contributed by atoms with van der Waals surface area (Å²) in [5.74, 6) is -0.0909. The highest BCUT2D eigenvalue weighted by atomic mass is 16.6. The second kappa shape index (κ2) is 6.23. The van der Waals surface area contributed by atoms with Gasteiger partial charge in [0.1, 0.15) is 0 Å². The molecule has 0 N–H and O–H groups in total. The lowest BCUT2D eigenvalue weighted by Crippen LogP contribution is -2.28. The Hall–Kier alpha value is -2.27. The maximum absolute atomic E-state index is 11.4. The highest BCUT2D eigenvalue weighted by Crippen LogP contribution is 2.30. The van der Waals surface area contributed by atoms with Gasteiger partial charge in [0.25, 0.3) is 0 Å². The second-order valence-corrected chi connectivity index (χ2v) is 5.87. The minimum atomic E-state index is -0.562. The first-order valence-corrected chi connectivity index (χ1v) is 7.46. The molecule has 1 aliphatic rings. The standard InChI is InChI=1S/C17H19N3O2/c1-13-7-8-15(9-18-13)16-11-19(12-17(16)20(21)22)10-14-5-3-2-4-6-14/h2-9,16-17H,10-12H2,1H3/t16-,17+/m0/s1. The number of hydrogen-bond acceptors (Lipinski definition) is 4. The van der Waals surface area contributed by atoms with Gasteiger partial charge in [0.05, 0.1) is 12.5 Å². The van der Waals surface area contributed by atoms with Crippen molar-refractivity contribution >= 4 is 0 Å². The molecule has 5 nitrogen and oxygen atoms in total. The minimum absolute atomic E-state index is 0.0909. The lowest BCUT2D eigenvalue weighted by atomic mass is 9.96. The summed E-state index contributed by atoms with van der Waals surface area (Å²) >= 11 is 0. The number of nitrogens with zero attached hydrogens (tertiary/aromatic N) is 3. The molecule has 114 valence electrons. The van der Waals surface area contributed by atoms with Gasteiger partial charge in [-0.05, 0) is 24.1 Å². The molecular formula is C17H19N3O2. The third-order valence-corrected chi connectivity index (χ3v) is 4.25. The number of benzene rings is 1. The van der Waals surface area contributed by atoms with Crippen LogP contribution in [0.2, 0.25) is 0 Å². The van der Waals surface area contributed by atoms with E-state index in [4.69, 9.17) is 0 Å². The maximum Gasteiger partial charge on any atom is 0.233 e. The van der Waals surface area contributed by atoms with E-state index < -0.39 is 6.04 Å². The van der Waals surface area contributed by atoms with Gasteiger partial charge >= 0.3 is 0 Å². The number of rotatable bonds is 4. The highest BCUT2D eigenvalue weighted by molar-refractivity contribution is 5.22. The van der Waals surface area contributed by atoms with Crippen molar-refractivity contribution in [1.82, 2.24) is 9.88 Å². The molecule has 0 radical (unpaired) electrons. The topological polar surface area (TPSA) is 59.3 Å². The Morgan fingerprint density at radius 2 is 2.00 bits per heavy atom. The molecule has 0 aliphatic carbocycles. The first-order valence-electron chi connectivity index (χ1n) is 7.46. The van der Waals surface area contributed by atoms with Crippen LogP contribution in [0.1, 0.15) is 22.7 Å². The molecule has 2 atom stereocenters. The number of hydrogen-bond donors (Lipinski definition) is 0. The van der Waals surface area contributed by atoms with Crippen LogP contribution in [0.3, 0.4) is 0 Å². The van der Waals surface area contributed by atoms with Crippen molar-refractivity contribution in [2.24, 2.45) is 0 Å². The van der Waals surface area contributed by atoms with Crippen LogP contribution >= 0.6 is 0 Å². The van der Waals surface area contributed by atoms with Crippen molar-refractivity contribution < 1.29 is 4.92 Å². The third-order valence-electron chi connectivity index (χ3n) is 4.25. The smallest absolute Gasteiger partial charge is 0.233 e. The Kier molecular flexibility index (Phi) is 4.15. The molecule has 1 saturated heterocycles. The lowest BCUT2D eigenvalue weighted by molar-refractivity contribution is -0.521. The van der Waals surface area contributed by atoms with Gasteiger partial charge < -0.3 is 0 Å². The molecule has 2 aromatic rings. The van der Waals surface area contributed by atoms with Gasteiger partial charge in [0.2, 0.25) is 6.04 Å². The molecular weight excluding hydrogens is 278 g/mol. The third kappa shape index (κ3) is 3.14. The summed E-state index contributed by atoms with van der Waals surface area (Å²) < 4.78 is 0. The lowest BCUT2D eigenvalue weighted by Gasteiger charge is -2.15. The summed E-state index contributed by atoms with van der Waals surface area (Å²) in [5, 5.41) is 11.4. The quantitative estimate of drug-likeness (QED) is 0.643.